The van der Waals surface area contributed by atoms with E-state index in [1.54, 1.807) is 0 Å². The lowest BCUT2D eigenvalue weighted by atomic mass is 9.92. The number of para-hydroxylation sites is 1. The summed E-state index contributed by atoms with van der Waals surface area (Å²) in [5.41, 5.74) is 5.10. The van der Waals surface area contributed by atoms with E-state index < -0.39 is 0 Å². The van der Waals surface area contributed by atoms with Crippen LogP contribution in [0.4, 0.5) is 5.69 Å². The third kappa shape index (κ3) is 2.81. The molecule has 0 unspecified atom stereocenters. The van der Waals surface area contributed by atoms with Gasteiger partial charge in [0.1, 0.15) is 5.84 Å². The molecular weight excluding hydrogens is 270 g/mol. The van der Waals surface area contributed by atoms with E-state index in [1.165, 1.54) is 28.9 Å². The Morgan fingerprint density at radius 1 is 1.05 bits per heavy atom. The van der Waals surface area contributed by atoms with Crippen molar-refractivity contribution < 1.29 is 0 Å². The lowest BCUT2D eigenvalue weighted by molar-refractivity contribution is 0.442. The van der Waals surface area contributed by atoms with Crippen molar-refractivity contribution in [3.05, 3.63) is 29.3 Å². The molecule has 0 radical (unpaired) electrons. The minimum absolute atomic E-state index is 0.489. The van der Waals surface area contributed by atoms with Crippen molar-refractivity contribution in [1.82, 2.24) is 4.90 Å². The molecule has 3 rings (SSSR count). The number of aliphatic imine (C=N–C) groups is 2. The first kappa shape index (κ1) is 15.3. The maximum Gasteiger partial charge on any atom is 0.145 e. The summed E-state index contributed by atoms with van der Waals surface area (Å²) in [6.07, 6.45) is 2.25. The molecule has 2 aliphatic heterocycles. The van der Waals surface area contributed by atoms with Crippen LogP contribution < -0.4 is 0 Å². The zero-order valence-electron chi connectivity index (χ0n) is 14.3. The third-order valence-electron chi connectivity index (χ3n) is 4.62. The number of benzene rings is 1. The number of nitrogens with zero attached hydrogens (tertiary/aromatic N) is 3. The van der Waals surface area contributed by atoms with Crippen LogP contribution in [0.5, 0.6) is 0 Å². The normalized spacial score (nSPS) is 20.0. The van der Waals surface area contributed by atoms with Gasteiger partial charge in [-0.3, -0.25) is 4.99 Å². The Kier molecular flexibility index (Phi) is 4.32. The van der Waals surface area contributed by atoms with Gasteiger partial charge in [0.2, 0.25) is 0 Å². The van der Waals surface area contributed by atoms with E-state index in [0.717, 1.165) is 31.9 Å². The summed E-state index contributed by atoms with van der Waals surface area (Å²) in [5, 5.41) is 0. The van der Waals surface area contributed by atoms with E-state index in [0.29, 0.717) is 11.8 Å². The van der Waals surface area contributed by atoms with Crippen LogP contribution >= 0.6 is 0 Å². The summed E-state index contributed by atoms with van der Waals surface area (Å²) in [7, 11) is 0. The van der Waals surface area contributed by atoms with Gasteiger partial charge in [-0.25, -0.2) is 4.99 Å². The first-order chi connectivity index (χ1) is 10.6. The van der Waals surface area contributed by atoms with Crippen molar-refractivity contribution >= 4 is 17.2 Å². The molecule has 1 saturated heterocycles. The molecule has 0 N–H and O–H groups in total. The molecule has 3 nitrogen and oxygen atoms in total. The zero-order chi connectivity index (χ0) is 15.7. The quantitative estimate of drug-likeness (QED) is 0.806. The maximum absolute atomic E-state index is 5.15. The highest BCUT2D eigenvalue weighted by Crippen LogP contribution is 2.35. The summed E-state index contributed by atoms with van der Waals surface area (Å²) >= 11 is 0. The first-order valence-corrected chi connectivity index (χ1v) is 8.58. The van der Waals surface area contributed by atoms with Crippen molar-refractivity contribution in [3.63, 3.8) is 0 Å². The number of hydrogen-bond acceptors (Lipinski definition) is 3. The highest BCUT2D eigenvalue weighted by atomic mass is 15.3. The van der Waals surface area contributed by atoms with E-state index in [-0.39, 0.29) is 0 Å². The molecule has 0 aromatic heterocycles. The Morgan fingerprint density at radius 2 is 1.73 bits per heavy atom. The average molecular weight is 297 g/mol. The number of rotatable bonds is 3. The summed E-state index contributed by atoms with van der Waals surface area (Å²) in [6.45, 7) is 12.1. The second-order valence-corrected chi connectivity index (χ2v) is 6.95. The van der Waals surface area contributed by atoms with E-state index in [4.69, 9.17) is 9.98 Å². The molecule has 0 spiro atoms. The van der Waals surface area contributed by atoms with Crippen LogP contribution in [-0.4, -0.2) is 36.1 Å². The number of hydrogen-bond donors (Lipinski definition) is 0. The minimum atomic E-state index is 0.489. The SMILES string of the molecule is CC(C)c1cccc(C(C)C)c1/N=C1\CCCN2CCN=C12. The standard InChI is InChI=1S/C19H27N3/c1-13(2)15-7-5-8-16(14(3)4)18(15)21-17-9-6-11-22-12-10-20-19(17)22/h5,7-8,13-14H,6,9-12H2,1-4H3/b21-17+. The maximum atomic E-state index is 5.15. The molecule has 3 heteroatoms. The van der Waals surface area contributed by atoms with Crippen molar-refractivity contribution in [2.24, 2.45) is 9.98 Å². The summed E-state index contributed by atoms with van der Waals surface area (Å²) in [5.74, 6) is 2.13. The molecule has 0 atom stereocenters. The van der Waals surface area contributed by atoms with Gasteiger partial charge in [-0.2, -0.15) is 0 Å². The molecule has 2 aliphatic rings. The zero-order valence-corrected chi connectivity index (χ0v) is 14.3. The third-order valence-corrected chi connectivity index (χ3v) is 4.62. The van der Waals surface area contributed by atoms with Crippen LogP contribution in [0.3, 0.4) is 0 Å². The number of amidine groups is 1. The fourth-order valence-corrected chi connectivity index (χ4v) is 3.40. The second kappa shape index (κ2) is 6.23. The second-order valence-electron chi connectivity index (χ2n) is 6.95. The summed E-state index contributed by atoms with van der Waals surface area (Å²) in [4.78, 5) is 12.2. The molecule has 1 aromatic rings. The predicted molar refractivity (Wildman–Crippen MR) is 94.8 cm³/mol. The van der Waals surface area contributed by atoms with Crippen molar-refractivity contribution in [3.8, 4) is 0 Å². The van der Waals surface area contributed by atoms with Gasteiger partial charge in [0.15, 0.2) is 0 Å². The molecule has 0 saturated carbocycles. The van der Waals surface area contributed by atoms with Gasteiger partial charge in [0, 0.05) is 13.1 Å². The monoisotopic (exact) mass is 297 g/mol. The van der Waals surface area contributed by atoms with Crippen molar-refractivity contribution in [2.75, 3.05) is 19.6 Å². The Balaban J connectivity index is 2.08. The largest absolute Gasteiger partial charge is 0.354 e. The van der Waals surface area contributed by atoms with Gasteiger partial charge in [0.25, 0.3) is 0 Å². The molecule has 1 fully saturated rings. The molecule has 22 heavy (non-hydrogen) atoms. The topological polar surface area (TPSA) is 28.0 Å². The van der Waals surface area contributed by atoms with Crippen molar-refractivity contribution in [2.45, 2.75) is 52.4 Å². The van der Waals surface area contributed by atoms with E-state index in [9.17, 15) is 0 Å². The Labute approximate surface area is 134 Å². The lowest BCUT2D eigenvalue weighted by Gasteiger charge is -2.27. The van der Waals surface area contributed by atoms with Crippen LogP contribution in [0.25, 0.3) is 0 Å². The Bertz CT molecular complexity index is 585. The van der Waals surface area contributed by atoms with Crippen LogP contribution in [0.15, 0.2) is 28.2 Å². The van der Waals surface area contributed by atoms with Gasteiger partial charge in [-0.05, 0) is 35.8 Å². The predicted octanol–water partition coefficient (Wildman–Crippen LogP) is 4.51. The minimum Gasteiger partial charge on any atom is -0.354 e. The van der Waals surface area contributed by atoms with Crippen LogP contribution in [0.1, 0.15) is 63.5 Å². The fraction of sp³-hybridized carbons (Fsp3) is 0.579. The van der Waals surface area contributed by atoms with Crippen LogP contribution in [0.2, 0.25) is 0 Å². The number of fused-ring (bicyclic) bond motifs is 1. The molecule has 0 amide bonds. The lowest BCUT2D eigenvalue weighted by Crippen LogP contribution is -2.38. The fourth-order valence-electron chi connectivity index (χ4n) is 3.40. The highest BCUT2D eigenvalue weighted by Gasteiger charge is 2.26. The van der Waals surface area contributed by atoms with E-state index in [2.05, 4.69) is 50.8 Å². The molecular formula is C19H27N3. The molecule has 0 aliphatic carbocycles. The van der Waals surface area contributed by atoms with Gasteiger partial charge in [0.05, 0.1) is 17.9 Å². The summed E-state index contributed by atoms with van der Waals surface area (Å²) < 4.78 is 0. The van der Waals surface area contributed by atoms with Gasteiger partial charge < -0.3 is 4.90 Å². The van der Waals surface area contributed by atoms with Gasteiger partial charge >= 0.3 is 0 Å². The van der Waals surface area contributed by atoms with E-state index in [1.807, 2.05) is 0 Å². The van der Waals surface area contributed by atoms with Gasteiger partial charge in [-0.1, -0.05) is 45.9 Å². The first-order valence-electron chi connectivity index (χ1n) is 8.58. The molecule has 0 bridgehead atoms. The van der Waals surface area contributed by atoms with E-state index >= 15 is 0 Å². The molecule has 1 aromatic carbocycles. The smallest absolute Gasteiger partial charge is 0.145 e. The Hall–Kier alpha value is -1.64. The van der Waals surface area contributed by atoms with Crippen LogP contribution in [-0.2, 0) is 0 Å². The average Bonchev–Trinajstić information content (AvgIpc) is 2.96. The molecule has 2 heterocycles. The van der Waals surface area contributed by atoms with Crippen LogP contribution in [0, 0.1) is 0 Å². The highest BCUT2D eigenvalue weighted by molar-refractivity contribution is 6.42. The van der Waals surface area contributed by atoms with Crippen molar-refractivity contribution in [1.29, 1.82) is 0 Å². The Morgan fingerprint density at radius 3 is 2.36 bits per heavy atom. The van der Waals surface area contributed by atoms with Gasteiger partial charge in [-0.15, -0.1) is 0 Å². The number of piperidine rings is 1. The molecule has 118 valence electrons. The summed E-state index contributed by atoms with van der Waals surface area (Å²) in [6, 6.07) is 6.63.